The normalized spacial score (nSPS) is 12.5. The van der Waals surface area contributed by atoms with Gasteiger partial charge < -0.3 is 15.0 Å². The Morgan fingerprint density at radius 3 is 2.00 bits per heavy atom. The first-order valence-corrected chi connectivity index (χ1v) is 16.5. The number of carbonyl (C=O) groups excluding carboxylic acids is 2. The molecule has 4 aromatic carbocycles. The number of amides is 2. The average Bonchev–Trinajstić information content (AvgIpc) is 3.06. The Morgan fingerprint density at radius 2 is 1.42 bits per heavy atom. The molecule has 4 aromatic rings. The lowest BCUT2D eigenvalue weighted by Crippen LogP contribution is -2.54. The summed E-state index contributed by atoms with van der Waals surface area (Å²) in [6.07, 6.45) is 0.981. The number of rotatable bonds is 14. The summed E-state index contributed by atoms with van der Waals surface area (Å²) < 4.78 is 34.5. The minimum Gasteiger partial charge on any atom is -0.497 e. The van der Waals surface area contributed by atoms with Gasteiger partial charge in [-0.25, -0.2) is 8.42 Å². The molecule has 0 aliphatic rings. The van der Waals surface area contributed by atoms with Gasteiger partial charge in [-0.3, -0.25) is 13.9 Å². The monoisotopic (exact) mass is 627 g/mol. The highest BCUT2D eigenvalue weighted by molar-refractivity contribution is 7.92. The van der Waals surface area contributed by atoms with Gasteiger partial charge in [0.2, 0.25) is 11.8 Å². The molecule has 45 heavy (non-hydrogen) atoms. The molecule has 1 N–H and O–H groups in total. The van der Waals surface area contributed by atoms with Gasteiger partial charge in [-0.05, 0) is 67.8 Å². The maximum absolute atomic E-state index is 14.5. The molecule has 0 bridgehead atoms. The molecular formula is C36H41N3O5S. The first-order chi connectivity index (χ1) is 21.6. The molecule has 0 radical (unpaired) electrons. The summed E-state index contributed by atoms with van der Waals surface area (Å²) in [5, 5.41) is 3.06. The van der Waals surface area contributed by atoms with Gasteiger partial charge in [0.05, 0.1) is 17.7 Å². The third-order valence-corrected chi connectivity index (χ3v) is 9.50. The molecule has 0 aliphatic heterocycles. The van der Waals surface area contributed by atoms with Gasteiger partial charge in [0.1, 0.15) is 18.3 Å². The number of para-hydroxylation sites is 1. The first kappa shape index (κ1) is 33.3. The van der Waals surface area contributed by atoms with Crippen LogP contribution in [0.4, 0.5) is 5.69 Å². The van der Waals surface area contributed by atoms with Crippen molar-refractivity contribution >= 4 is 27.5 Å². The van der Waals surface area contributed by atoms with Crippen LogP contribution in [0.2, 0.25) is 0 Å². The maximum Gasteiger partial charge on any atom is 0.264 e. The Morgan fingerprint density at radius 1 is 0.822 bits per heavy atom. The van der Waals surface area contributed by atoms with Gasteiger partial charge >= 0.3 is 0 Å². The van der Waals surface area contributed by atoms with E-state index in [0.717, 1.165) is 27.4 Å². The van der Waals surface area contributed by atoms with Crippen molar-refractivity contribution in [1.29, 1.82) is 0 Å². The molecule has 0 spiro atoms. The fourth-order valence-corrected chi connectivity index (χ4v) is 6.30. The van der Waals surface area contributed by atoms with Gasteiger partial charge in [0.15, 0.2) is 0 Å². The summed E-state index contributed by atoms with van der Waals surface area (Å²) in [5.74, 6) is -0.286. The quantitative estimate of drug-likeness (QED) is 0.192. The zero-order chi connectivity index (χ0) is 32.4. The van der Waals surface area contributed by atoms with E-state index >= 15 is 0 Å². The predicted molar refractivity (Wildman–Crippen MR) is 178 cm³/mol. The van der Waals surface area contributed by atoms with Crippen molar-refractivity contribution < 1.29 is 22.7 Å². The summed E-state index contributed by atoms with van der Waals surface area (Å²) in [7, 11) is -2.68. The second-order valence-corrected chi connectivity index (χ2v) is 12.9. The number of carbonyl (C=O) groups is 2. The molecule has 0 fully saturated rings. The maximum atomic E-state index is 14.5. The Balaban J connectivity index is 1.78. The van der Waals surface area contributed by atoms with E-state index in [4.69, 9.17) is 4.74 Å². The third-order valence-electron chi connectivity index (χ3n) is 7.72. The smallest absolute Gasteiger partial charge is 0.264 e. The van der Waals surface area contributed by atoms with E-state index in [1.807, 2.05) is 75.4 Å². The van der Waals surface area contributed by atoms with Crippen LogP contribution in [0.15, 0.2) is 114 Å². The Labute approximate surface area is 266 Å². The van der Waals surface area contributed by atoms with Crippen LogP contribution >= 0.6 is 0 Å². The number of sulfonamides is 1. The van der Waals surface area contributed by atoms with Crippen molar-refractivity contribution in [2.75, 3.05) is 18.0 Å². The van der Waals surface area contributed by atoms with Crippen LogP contribution in [0.3, 0.4) is 0 Å². The van der Waals surface area contributed by atoms with Gasteiger partial charge in [-0.1, -0.05) is 85.3 Å². The summed E-state index contributed by atoms with van der Waals surface area (Å²) in [6, 6.07) is 30.8. The standard InChI is InChI=1S/C36H41N3O5S/c1-5-28(3)37-36(41)34(24-29-12-8-6-9-13-29)38(25-30-18-16-27(2)17-19-30)35(40)26-39(31-14-10-7-11-15-31)45(42,43)33-22-20-32(44-4)21-23-33/h6-23,28,34H,5,24-26H2,1-4H3,(H,37,41)/t28-,34-/m1/s1. The minimum absolute atomic E-state index is 0.0142. The fourth-order valence-electron chi connectivity index (χ4n) is 4.88. The second kappa shape index (κ2) is 15.4. The first-order valence-electron chi connectivity index (χ1n) is 15.0. The molecule has 9 heteroatoms. The largest absolute Gasteiger partial charge is 0.497 e. The number of anilines is 1. The number of aryl methyl sites for hydroxylation is 1. The topological polar surface area (TPSA) is 96.0 Å². The highest BCUT2D eigenvalue weighted by Gasteiger charge is 2.35. The lowest BCUT2D eigenvalue weighted by atomic mass is 10.0. The molecule has 4 rings (SSSR count). The molecule has 236 valence electrons. The highest BCUT2D eigenvalue weighted by atomic mass is 32.2. The molecule has 8 nitrogen and oxygen atoms in total. The molecule has 0 heterocycles. The third kappa shape index (κ3) is 8.73. The molecule has 0 aromatic heterocycles. The molecular weight excluding hydrogens is 586 g/mol. The second-order valence-electron chi connectivity index (χ2n) is 11.1. The van der Waals surface area contributed by atoms with Crippen LogP contribution in [-0.2, 0) is 32.6 Å². The van der Waals surface area contributed by atoms with E-state index in [9.17, 15) is 18.0 Å². The number of hydrogen-bond acceptors (Lipinski definition) is 5. The Hall–Kier alpha value is -4.63. The van der Waals surface area contributed by atoms with Crippen molar-refractivity contribution in [2.45, 2.75) is 57.1 Å². The Kier molecular flexibility index (Phi) is 11.4. The minimum atomic E-state index is -4.18. The number of nitrogens with zero attached hydrogens (tertiary/aromatic N) is 2. The number of ether oxygens (including phenoxy) is 1. The number of benzene rings is 4. The fraction of sp³-hybridized carbons (Fsp3) is 0.278. The van der Waals surface area contributed by atoms with Crippen LogP contribution in [0.1, 0.15) is 37.0 Å². The predicted octanol–water partition coefficient (Wildman–Crippen LogP) is 5.75. The van der Waals surface area contributed by atoms with Crippen molar-refractivity contribution in [3.8, 4) is 5.75 Å². The molecule has 0 saturated carbocycles. The van der Waals surface area contributed by atoms with Crippen LogP contribution in [-0.4, -0.2) is 50.9 Å². The number of methoxy groups -OCH3 is 1. The summed E-state index contributed by atoms with van der Waals surface area (Å²) in [4.78, 5) is 29.9. The molecule has 2 atom stereocenters. The SMILES string of the molecule is CC[C@@H](C)NC(=O)[C@@H](Cc1ccccc1)N(Cc1ccc(C)cc1)C(=O)CN(c1ccccc1)S(=O)(=O)c1ccc(OC)cc1. The van der Waals surface area contributed by atoms with E-state index in [-0.39, 0.29) is 29.8 Å². The van der Waals surface area contributed by atoms with Gasteiger partial charge in [-0.2, -0.15) is 0 Å². The number of nitrogens with one attached hydrogen (secondary N) is 1. The van der Waals surface area contributed by atoms with Gasteiger partial charge in [-0.15, -0.1) is 0 Å². The summed E-state index contributed by atoms with van der Waals surface area (Å²) >= 11 is 0. The molecule has 0 saturated heterocycles. The van der Waals surface area contributed by atoms with E-state index in [1.165, 1.54) is 24.1 Å². The van der Waals surface area contributed by atoms with E-state index in [1.54, 1.807) is 42.5 Å². The van der Waals surface area contributed by atoms with E-state index in [0.29, 0.717) is 11.4 Å². The van der Waals surface area contributed by atoms with Crippen molar-refractivity contribution in [2.24, 2.45) is 0 Å². The van der Waals surface area contributed by atoms with E-state index < -0.39 is 28.5 Å². The van der Waals surface area contributed by atoms with Crippen molar-refractivity contribution in [1.82, 2.24) is 10.2 Å². The van der Waals surface area contributed by atoms with E-state index in [2.05, 4.69) is 5.32 Å². The van der Waals surface area contributed by atoms with Gasteiger partial charge in [0, 0.05) is 19.0 Å². The highest BCUT2D eigenvalue weighted by Crippen LogP contribution is 2.26. The van der Waals surface area contributed by atoms with Crippen LogP contribution in [0.5, 0.6) is 5.75 Å². The molecule has 2 amide bonds. The lowest BCUT2D eigenvalue weighted by Gasteiger charge is -2.34. The lowest BCUT2D eigenvalue weighted by molar-refractivity contribution is -0.140. The van der Waals surface area contributed by atoms with Crippen LogP contribution in [0, 0.1) is 6.92 Å². The van der Waals surface area contributed by atoms with Crippen LogP contribution in [0.25, 0.3) is 0 Å². The summed E-state index contributed by atoms with van der Waals surface area (Å²) in [5.41, 5.74) is 3.11. The van der Waals surface area contributed by atoms with Gasteiger partial charge in [0.25, 0.3) is 10.0 Å². The number of hydrogen-bond donors (Lipinski definition) is 1. The summed E-state index contributed by atoms with van der Waals surface area (Å²) in [6.45, 7) is 5.49. The zero-order valence-corrected chi connectivity index (χ0v) is 27.0. The molecule has 0 aliphatic carbocycles. The zero-order valence-electron chi connectivity index (χ0n) is 26.2. The van der Waals surface area contributed by atoms with Crippen molar-refractivity contribution in [3.05, 3.63) is 126 Å². The van der Waals surface area contributed by atoms with Crippen LogP contribution < -0.4 is 14.4 Å². The Bertz CT molecular complexity index is 1640. The average molecular weight is 628 g/mol. The molecule has 0 unspecified atom stereocenters. The van der Waals surface area contributed by atoms with Crippen molar-refractivity contribution in [3.63, 3.8) is 0 Å².